The standard InChI is InChI=1S/C33H34N2O6/c1-2-17-40-32(38)27(13-7-8-16-35-30(36)28-20-14-15-21(18-20)29(28)31(35)37)34-33(39)41-19-26-24-11-5-3-9-22(24)23-10-4-6-12-25(23)26/h2-6,9-12,14-15,20-21,26-29H,1,7-8,13,16-19H2,(H,34,39)/t20-,21+,27-,28+,29-/m0/s1. The number of amides is 3. The number of unbranched alkanes of at least 4 members (excludes halogenated alkanes) is 1. The Hall–Kier alpha value is -4.20. The Bertz CT molecular complexity index is 1340. The first-order valence-electron chi connectivity index (χ1n) is 14.4. The predicted octanol–water partition coefficient (Wildman–Crippen LogP) is 4.60. The molecular weight excluding hydrogens is 520 g/mol. The molecule has 5 atom stereocenters. The van der Waals surface area contributed by atoms with Crippen molar-refractivity contribution in [3.05, 3.63) is 84.5 Å². The highest BCUT2D eigenvalue weighted by Gasteiger charge is 2.58. The van der Waals surface area contributed by atoms with E-state index in [2.05, 4.69) is 36.2 Å². The summed E-state index contributed by atoms with van der Waals surface area (Å²) < 4.78 is 10.8. The fourth-order valence-corrected chi connectivity index (χ4v) is 7.08. The molecule has 3 amide bonds. The lowest BCUT2D eigenvalue weighted by Crippen LogP contribution is -2.42. The molecule has 2 aromatic rings. The van der Waals surface area contributed by atoms with E-state index in [-0.39, 0.29) is 61.0 Å². The fourth-order valence-electron chi connectivity index (χ4n) is 7.08. The molecule has 0 aromatic heterocycles. The van der Waals surface area contributed by atoms with Crippen LogP contribution < -0.4 is 5.32 Å². The minimum atomic E-state index is -0.921. The summed E-state index contributed by atoms with van der Waals surface area (Å²) in [7, 11) is 0. The Morgan fingerprint density at radius 3 is 2.15 bits per heavy atom. The predicted molar refractivity (Wildman–Crippen MR) is 151 cm³/mol. The number of esters is 1. The molecule has 41 heavy (non-hydrogen) atoms. The molecule has 1 N–H and O–H groups in total. The van der Waals surface area contributed by atoms with E-state index in [0.29, 0.717) is 19.4 Å². The maximum Gasteiger partial charge on any atom is 0.407 e. The van der Waals surface area contributed by atoms with Gasteiger partial charge in [-0.15, -0.1) is 0 Å². The second kappa shape index (κ2) is 11.4. The zero-order valence-corrected chi connectivity index (χ0v) is 22.9. The van der Waals surface area contributed by atoms with Gasteiger partial charge in [0.15, 0.2) is 0 Å². The molecule has 8 nitrogen and oxygen atoms in total. The molecule has 212 valence electrons. The van der Waals surface area contributed by atoms with Gasteiger partial charge < -0.3 is 14.8 Å². The van der Waals surface area contributed by atoms with Crippen LogP contribution in [-0.2, 0) is 23.9 Å². The van der Waals surface area contributed by atoms with Gasteiger partial charge in [-0.05, 0) is 59.8 Å². The highest BCUT2D eigenvalue weighted by Crippen LogP contribution is 2.52. The third-order valence-corrected chi connectivity index (χ3v) is 8.95. The number of imide groups is 1. The number of ether oxygens (including phenoxy) is 2. The van der Waals surface area contributed by atoms with Gasteiger partial charge in [0.25, 0.3) is 0 Å². The monoisotopic (exact) mass is 554 g/mol. The van der Waals surface area contributed by atoms with Crippen LogP contribution in [0.2, 0.25) is 0 Å². The quantitative estimate of drug-likeness (QED) is 0.189. The molecule has 1 saturated carbocycles. The highest BCUT2D eigenvalue weighted by molar-refractivity contribution is 6.06. The molecule has 1 aliphatic heterocycles. The first kappa shape index (κ1) is 27.0. The first-order valence-corrected chi connectivity index (χ1v) is 14.4. The van der Waals surface area contributed by atoms with Crippen LogP contribution in [0.3, 0.4) is 0 Å². The number of allylic oxidation sites excluding steroid dienone is 2. The topological polar surface area (TPSA) is 102 Å². The molecule has 4 aliphatic rings. The van der Waals surface area contributed by atoms with Gasteiger partial charge in [0.2, 0.25) is 11.8 Å². The third-order valence-electron chi connectivity index (χ3n) is 8.95. The molecule has 1 saturated heterocycles. The third kappa shape index (κ3) is 4.96. The van der Waals surface area contributed by atoms with E-state index >= 15 is 0 Å². The van der Waals surface area contributed by atoms with Gasteiger partial charge in [0.05, 0.1) is 11.8 Å². The summed E-state index contributed by atoms with van der Waals surface area (Å²) in [6.07, 6.45) is 7.14. The summed E-state index contributed by atoms with van der Waals surface area (Å²) in [5, 5.41) is 2.67. The van der Waals surface area contributed by atoms with E-state index in [4.69, 9.17) is 9.47 Å². The van der Waals surface area contributed by atoms with Crippen LogP contribution in [0.25, 0.3) is 11.1 Å². The molecular formula is C33H34N2O6. The molecule has 2 fully saturated rings. The average Bonchev–Trinajstić information content (AvgIpc) is 3.74. The second-order valence-corrected chi connectivity index (χ2v) is 11.3. The van der Waals surface area contributed by atoms with Crippen molar-refractivity contribution in [2.24, 2.45) is 23.7 Å². The van der Waals surface area contributed by atoms with Crippen molar-refractivity contribution in [2.75, 3.05) is 19.8 Å². The van der Waals surface area contributed by atoms with E-state index in [1.54, 1.807) is 0 Å². The number of rotatable bonds is 11. The number of carbonyl (C=O) groups excluding carboxylic acids is 4. The van der Waals surface area contributed by atoms with Crippen LogP contribution in [0.15, 0.2) is 73.3 Å². The molecule has 2 bridgehead atoms. The van der Waals surface area contributed by atoms with Gasteiger partial charge in [-0.25, -0.2) is 9.59 Å². The number of hydrogen-bond acceptors (Lipinski definition) is 6. The number of benzene rings is 2. The Morgan fingerprint density at radius 2 is 1.54 bits per heavy atom. The summed E-state index contributed by atoms with van der Waals surface area (Å²) in [6.45, 7) is 4.04. The molecule has 3 aliphatic carbocycles. The summed E-state index contributed by atoms with van der Waals surface area (Å²) in [5.41, 5.74) is 4.46. The number of fused-ring (bicyclic) bond motifs is 8. The van der Waals surface area contributed by atoms with Crippen LogP contribution >= 0.6 is 0 Å². The Labute approximate surface area is 239 Å². The average molecular weight is 555 g/mol. The molecule has 0 unspecified atom stereocenters. The zero-order valence-electron chi connectivity index (χ0n) is 22.9. The minimum absolute atomic E-state index is 0.0254. The van der Waals surface area contributed by atoms with E-state index in [1.807, 2.05) is 36.4 Å². The van der Waals surface area contributed by atoms with Crippen molar-refractivity contribution in [3.8, 4) is 11.1 Å². The second-order valence-electron chi connectivity index (χ2n) is 11.3. The summed E-state index contributed by atoms with van der Waals surface area (Å²) in [6, 6.07) is 15.2. The van der Waals surface area contributed by atoms with E-state index in [1.165, 1.54) is 11.0 Å². The number of nitrogens with zero attached hydrogens (tertiary/aromatic N) is 1. The van der Waals surface area contributed by atoms with Crippen molar-refractivity contribution in [1.82, 2.24) is 10.2 Å². The summed E-state index contributed by atoms with van der Waals surface area (Å²) in [5.74, 6) is -0.896. The van der Waals surface area contributed by atoms with Crippen LogP contribution in [0.1, 0.15) is 42.7 Å². The fraction of sp³-hybridized carbons (Fsp3) is 0.394. The molecule has 1 heterocycles. The number of alkyl carbamates (subject to hydrolysis) is 1. The normalized spacial score (nSPS) is 24.1. The van der Waals surface area contributed by atoms with Gasteiger partial charge in [0.1, 0.15) is 19.3 Å². The van der Waals surface area contributed by atoms with Gasteiger partial charge in [-0.2, -0.15) is 0 Å². The van der Waals surface area contributed by atoms with Crippen molar-refractivity contribution in [2.45, 2.75) is 37.6 Å². The molecule has 0 radical (unpaired) electrons. The van der Waals surface area contributed by atoms with Crippen LogP contribution in [0.4, 0.5) is 4.79 Å². The Morgan fingerprint density at radius 1 is 0.927 bits per heavy atom. The summed E-state index contributed by atoms with van der Waals surface area (Å²) >= 11 is 0. The molecule has 2 aromatic carbocycles. The Kier molecular flexibility index (Phi) is 7.47. The lowest BCUT2D eigenvalue weighted by atomic mass is 9.85. The van der Waals surface area contributed by atoms with E-state index in [0.717, 1.165) is 28.7 Å². The minimum Gasteiger partial charge on any atom is -0.460 e. The van der Waals surface area contributed by atoms with E-state index in [9.17, 15) is 19.2 Å². The number of nitrogens with one attached hydrogen (secondary N) is 1. The number of carbonyl (C=O) groups is 4. The first-order chi connectivity index (χ1) is 20.0. The maximum absolute atomic E-state index is 12.9. The van der Waals surface area contributed by atoms with Gasteiger partial charge in [-0.3, -0.25) is 14.5 Å². The van der Waals surface area contributed by atoms with Gasteiger partial charge in [0, 0.05) is 12.5 Å². The van der Waals surface area contributed by atoms with Crippen LogP contribution in [-0.4, -0.2) is 54.6 Å². The number of likely N-dealkylation sites (tertiary alicyclic amines) is 1. The lowest BCUT2D eigenvalue weighted by Gasteiger charge is -2.20. The van der Waals surface area contributed by atoms with Crippen molar-refractivity contribution in [1.29, 1.82) is 0 Å². The highest BCUT2D eigenvalue weighted by atomic mass is 16.6. The molecule has 8 heteroatoms. The van der Waals surface area contributed by atoms with Crippen LogP contribution in [0, 0.1) is 23.7 Å². The van der Waals surface area contributed by atoms with Crippen molar-refractivity contribution < 1.29 is 28.7 Å². The van der Waals surface area contributed by atoms with Crippen LogP contribution in [0.5, 0.6) is 0 Å². The van der Waals surface area contributed by atoms with Crippen molar-refractivity contribution >= 4 is 23.9 Å². The maximum atomic E-state index is 12.9. The SMILES string of the molecule is C=CCOC(=O)[C@H](CCCCN1C(=O)[C@@H]2[C@H](C1=O)[C@H]1C=C[C@@H]2C1)NC(=O)OCC1c2ccccc2-c2ccccc21. The smallest absolute Gasteiger partial charge is 0.407 e. The largest absolute Gasteiger partial charge is 0.460 e. The Balaban J connectivity index is 1.03. The molecule has 6 rings (SSSR count). The van der Waals surface area contributed by atoms with Gasteiger partial charge >= 0.3 is 12.1 Å². The lowest BCUT2D eigenvalue weighted by molar-refractivity contribution is -0.145. The van der Waals surface area contributed by atoms with Crippen molar-refractivity contribution in [3.63, 3.8) is 0 Å². The number of hydrogen-bond donors (Lipinski definition) is 1. The zero-order chi connectivity index (χ0) is 28.5. The summed E-state index contributed by atoms with van der Waals surface area (Å²) in [4.78, 5) is 52.8. The van der Waals surface area contributed by atoms with Gasteiger partial charge in [-0.1, -0.05) is 73.3 Å². The van der Waals surface area contributed by atoms with E-state index < -0.39 is 18.1 Å². The molecule has 0 spiro atoms.